The minimum absolute atomic E-state index is 0.643. The summed E-state index contributed by atoms with van der Waals surface area (Å²) in [6, 6.07) is 11.5. The van der Waals surface area contributed by atoms with Crippen LogP contribution in [0, 0.1) is 11.3 Å². The number of hydrogen-bond donors (Lipinski definition) is 0. The molecule has 0 amide bonds. The summed E-state index contributed by atoms with van der Waals surface area (Å²) in [6.45, 7) is 2.06. The van der Waals surface area contributed by atoms with Gasteiger partial charge < -0.3 is 4.90 Å². The van der Waals surface area contributed by atoms with Crippen molar-refractivity contribution in [2.45, 2.75) is 13.3 Å². The molecule has 0 bridgehead atoms. The lowest BCUT2D eigenvalue weighted by molar-refractivity contribution is 0.980. The Bertz CT molecular complexity index is 586. The third kappa shape index (κ3) is 2.46. The van der Waals surface area contributed by atoms with Crippen molar-refractivity contribution >= 4 is 11.5 Å². The van der Waals surface area contributed by atoms with Gasteiger partial charge in [0.2, 0.25) is 0 Å². The number of nitrogens with zero attached hydrogens (tertiary/aromatic N) is 4. The van der Waals surface area contributed by atoms with Crippen LogP contribution in [0.1, 0.15) is 18.2 Å². The average Bonchev–Trinajstić information content (AvgIpc) is 2.46. The highest BCUT2D eigenvalue weighted by Gasteiger charge is 2.06. The van der Waals surface area contributed by atoms with Crippen LogP contribution in [0.5, 0.6) is 0 Å². The smallest absolute Gasteiger partial charge is 0.136 e. The molecule has 0 saturated carbocycles. The molecule has 2 aromatic rings. The molecule has 1 aromatic carbocycles. The fourth-order valence-corrected chi connectivity index (χ4v) is 1.68. The van der Waals surface area contributed by atoms with Crippen LogP contribution in [0.2, 0.25) is 0 Å². The second-order valence-corrected chi connectivity index (χ2v) is 3.94. The molecular weight excluding hydrogens is 224 g/mol. The van der Waals surface area contributed by atoms with E-state index < -0.39 is 0 Å². The van der Waals surface area contributed by atoms with Gasteiger partial charge in [0.1, 0.15) is 12.1 Å². The van der Waals surface area contributed by atoms with Crippen molar-refractivity contribution in [2.75, 3.05) is 11.9 Å². The molecule has 0 atom stereocenters. The first-order valence-electron chi connectivity index (χ1n) is 5.79. The molecule has 0 saturated heterocycles. The predicted octanol–water partition coefficient (Wildman–Crippen LogP) is 2.68. The van der Waals surface area contributed by atoms with Crippen LogP contribution in [0.25, 0.3) is 0 Å². The van der Waals surface area contributed by atoms with E-state index >= 15 is 0 Å². The third-order valence-electron chi connectivity index (χ3n) is 2.78. The molecule has 0 spiro atoms. The Morgan fingerprint density at radius 1 is 1.28 bits per heavy atom. The van der Waals surface area contributed by atoms with Gasteiger partial charge in [-0.3, -0.25) is 0 Å². The lowest BCUT2D eigenvalue weighted by Crippen LogP contribution is -2.12. The first-order chi connectivity index (χ1) is 8.74. The molecule has 1 aromatic heterocycles. The van der Waals surface area contributed by atoms with Crippen LogP contribution in [0.3, 0.4) is 0 Å². The van der Waals surface area contributed by atoms with Crippen molar-refractivity contribution in [1.29, 1.82) is 5.26 Å². The largest absolute Gasteiger partial charge is 0.329 e. The van der Waals surface area contributed by atoms with E-state index in [2.05, 4.69) is 23.0 Å². The van der Waals surface area contributed by atoms with Gasteiger partial charge in [-0.1, -0.05) is 13.0 Å². The van der Waals surface area contributed by atoms with Crippen LogP contribution >= 0.6 is 0 Å². The van der Waals surface area contributed by atoms with Gasteiger partial charge in [0.25, 0.3) is 0 Å². The maximum Gasteiger partial charge on any atom is 0.136 e. The molecule has 0 aliphatic rings. The van der Waals surface area contributed by atoms with Crippen LogP contribution in [0.15, 0.2) is 36.7 Å². The topological polar surface area (TPSA) is 52.8 Å². The van der Waals surface area contributed by atoms with Crippen LogP contribution in [-0.4, -0.2) is 17.0 Å². The molecule has 90 valence electrons. The monoisotopic (exact) mass is 238 g/mol. The van der Waals surface area contributed by atoms with Crippen molar-refractivity contribution in [3.05, 3.63) is 47.9 Å². The molecule has 0 N–H and O–H groups in total. The summed E-state index contributed by atoms with van der Waals surface area (Å²) in [6.07, 6.45) is 2.44. The number of hydrogen-bond acceptors (Lipinski definition) is 4. The van der Waals surface area contributed by atoms with E-state index in [1.807, 2.05) is 36.2 Å². The molecule has 2 rings (SSSR count). The van der Waals surface area contributed by atoms with Gasteiger partial charge in [-0.05, 0) is 24.6 Å². The Kier molecular flexibility index (Phi) is 3.54. The van der Waals surface area contributed by atoms with E-state index in [0.29, 0.717) is 5.56 Å². The van der Waals surface area contributed by atoms with Crippen LogP contribution in [0.4, 0.5) is 11.5 Å². The summed E-state index contributed by atoms with van der Waals surface area (Å²) in [5, 5.41) is 8.90. The van der Waals surface area contributed by atoms with Gasteiger partial charge in [0.05, 0.1) is 11.6 Å². The highest BCUT2D eigenvalue weighted by atomic mass is 15.2. The van der Waals surface area contributed by atoms with Crippen molar-refractivity contribution in [3.8, 4) is 6.07 Å². The van der Waals surface area contributed by atoms with Crippen molar-refractivity contribution < 1.29 is 0 Å². The number of aryl methyl sites for hydroxylation is 1. The molecule has 4 nitrogen and oxygen atoms in total. The Labute approximate surface area is 107 Å². The molecule has 0 unspecified atom stereocenters. The first-order valence-corrected chi connectivity index (χ1v) is 5.79. The zero-order chi connectivity index (χ0) is 13.0. The molecule has 0 aliphatic carbocycles. The fraction of sp³-hybridized carbons (Fsp3) is 0.214. The number of benzene rings is 1. The van der Waals surface area contributed by atoms with E-state index in [9.17, 15) is 0 Å². The Hall–Kier alpha value is -2.41. The van der Waals surface area contributed by atoms with Crippen molar-refractivity contribution in [1.82, 2.24) is 9.97 Å². The maximum absolute atomic E-state index is 8.90. The van der Waals surface area contributed by atoms with Gasteiger partial charge in [0.15, 0.2) is 0 Å². The predicted molar refractivity (Wildman–Crippen MR) is 70.6 cm³/mol. The van der Waals surface area contributed by atoms with Crippen LogP contribution in [-0.2, 0) is 6.42 Å². The summed E-state index contributed by atoms with van der Waals surface area (Å²) in [4.78, 5) is 10.4. The van der Waals surface area contributed by atoms with Gasteiger partial charge in [-0.25, -0.2) is 9.97 Å². The molecule has 0 fully saturated rings. The zero-order valence-corrected chi connectivity index (χ0v) is 10.5. The van der Waals surface area contributed by atoms with Gasteiger partial charge in [-0.2, -0.15) is 5.26 Å². The molecule has 0 radical (unpaired) electrons. The number of rotatable bonds is 3. The molecule has 18 heavy (non-hydrogen) atoms. The van der Waals surface area contributed by atoms with Crippen molar-refractivity contribution in [2.24, 2.45) is 0 Å². The zero-order valence-electron chi connectivity index (χ0n) is 10.5. The quantitative estimate of drug-likeness (QED) is 0.825. The Morgan fingerprint density at radius 2 is 2.11 bits per heavy atom. The fourth-order valence-electron chi connectivity index (χ4n) is 1.68. The summed E-state index contributed by atoms with van der Waals surface area (Å²) in [5.74, 6) is 0.830. The highest BCUT2D eigenvalue weighted by Crippen LogP contribution is 2.22. The van der Waals surface area contributed by atoms with Gasteiger partial charge >= 0.3 is 0 Å². The van der Waals surface area contributed by atoms with E-state index in [1.54, 1.807) is 12.4 Å². The average molecular weight is 238 g/mol. The van der Waals surface area contributed by atoms with E-state index in [4.69, 9.17) is 5.26 Å². The summed E-state index contributed by atoms with van der Waals surface area (Å²) in [5.41, 5.74) is 2.59. The highest BCUT2D eigenvalue weighted by molar-refractivity contribution is 5.61. The third-order valence-corrected chi connectivity index (χ3v) is 2.78. The van der Waals surface area contributed by atoms with E-state index in [0.717, 1.165) is 23.6 Å². The van der Waals surface area contributed by atoms with E-state index in [1.165, 1.54) is 0 Å². The molecule has 0 aliphatic heterocycles. The SMILES string of the molecule is CCc1cc(N(C)c2cccc(C#N)c2)ncn1. The van der Waals surface area contributed by atoms with Crippen LogP contribution < -0.4 is 4.90 Å². The van der Waals surface area contributed by atoms with Crippen molar-refractivity contribution in [3.63, 3.8) is 0 Å². The minimum atomic E-state index is 0.643. The number of anilines is 2. The Morgan fingerprint density at radius 3 is 2.83 bits per heavy atom. The second kappa shape index (κ2) is 5.28. The lowest BCUT2D eigenvalue weighted by Gasteiger charge is -2.18. The van der Waals surface area contributed by atoms with Gasteiger partial charge in [-0.15, -0.1) is 0 Å². The number of nitriles is 1. The molecular formula is C14H14N4. The molecule has 1 heterocycles. The lowest BCUT2D eigenvalue weighted by atomic mass is 10.2. The van der Waals surface area contributed by atoms with E-state index in [-0.39, 0.29) is 0 Å². The standard InChI is InChI=1S/C14H14N4/c1-3-12-8-14(17-10-16-12)18(2)13-6-4-5-11(7-13)9-15/h4-8,10H,3H2,1-2H3. The second-order valence-electron chi connectivity index (χ2n) is 3.94. The summed E-state index contributed by atoms with van der Waals surface area (Å²) >= 11 is 0. The summed E-state index contributed by atoms with van der Waals surface area (Å²) < 4.78 is 0. The van der Waals surface area contributed by atoms with Gasteiger partial charge in [0, 0.05) is 24.5 Å². The first kappa shape index (κ1) is 12.1. The number of aromatic nitrogens is 2. The normalized spacial score (nSPS) is 9.83. The Balaban J connectivity index is 2.35. The molecule has 4 heteroatoms. The minimum Gasteiger partial charge on any atom is -0.329 e. The maximum atomic E-state index is 8.90. The summed E-state index contributed by atoms with van der Waals surface area (Å²) in [7, 11) is 1.93.